The molecule has 2 atom stereocenters. The van der Waals surface area contributed by atoms with Crippen LogP contribution in [0.5, 0.6) is 0 Å². The molecule has 0 aromatic rings. The molecule has 1 N–H and O–H groups in total. The largest absolute Gasteiger partial charge is 0.383 e. The lowest BCUT2D eigenvalue weighted by Crippen LogP contribution is -2.51. The first-order valence-corrected chi connectivity index (χ1v) is 10.0. The van der Waals surface area contributed by atoms with Crippen LogP contribution in [0.2, 0.25) is 0 Å². The molecule has 5 nitrogen and oxygen atoms in total. The fraction of sp³-hybridized carbons (Fsp3) is 0.941. The summed E-state index contributed by atoms with van der Waals surface area (Å²) in [5.74, 6) is 3.00. The molecule has 142 valence electrons. The fourth-order valence-corrected chi connectivity index (χ4v) is 4.74. The van der Waals surface area contributed by atoms with E-state index < -0.39 is 0 Å². The number of hydrogen-bond donors (Lipinski definition) is 1. The zero-order valence-electron chi connectivity index (χ0n) is 15.7. The molecule has 2 heterocycles. The highest BCUT2D eigenvalue weighted by Gasteiger charge is 2.27. The molecule has 0 saturated carbocycles. The first-order valence-electron chi connectivity index (χ1n) is 8.96. The Balaban J connectivity index is 0.00000288. The van der Waals surface area contributed by atoms with Crippen LogP contribution in [0.3, 0.4) is 0 Å². The van der Waals surface area contributed by atoms with Gasteiger partial charge in [-0.05, 0) is 25.3 Å². The highest BCUT2D eigenvalue weighted by molar-refractivity contribution is 14.0. The van der Waals surface area contributed by atoms with Gasteiger partial charge in [0, 0.05) is 57.4 Å². The maximum Gasteiger partial charge on any atom is 0.193 e. The van der Waals surface area contributed by atoms with E-state index in [0.29, 0.717) is 11.3 Å². The van der Waals surface area contributed by atoms with Crippen molar-refractivity contribution in [2.45, 2.75) is 38.0 Å². The molecule has 2 aliphatic heterocycles. The van der Waals surface area contributed by atoms with E-state index in [4.69, 9.17) is 4.74 Å². The molecule has 0 aromatic heterocycles. The summed E-state index contributed by atoms with van der Waals surface area (Å²) in [6.45, 7) is 10.9. The predicted octanol–water partition coefficient (Wildman–Crippen LogP) is 2.36. The second-order valence-electron chi connectivity index (χ2n) is 6.85. The Bertz CT molecular complexity index is 384. The van der Waals surface area contributed by atoms with Gasteiger partial charge >= 0.3 is 0 Å². The van der Waals surface area contributed by atoms with Gasteiger partial charge in [-0.1, -0.05) is 13.8 Å². The summed E-state index contributed by atoms with van der Waals surface area (Å²) in [6, 6.07) is 0.613. The number of ether oxygens (including phenoxy) is 1. The minimum absolute atomic E-state index is 0. The molecule has 0 bridgehead atoms. The molecule has 2 saturated heterocycles. The second-order valence-corrected chi connectivity index (χ2v) is 8.20. The third-order valence-corrected chi connectivity index (χ3v) is 6.47. The summed E-state index contributed by atoms with van der Waals surface area (Å²) in [4.78, 5) is 9.52. The zero-order valence-corrected chi connectivity index (χ0v) is 18.8. The van der Waals surface area contributed by atoms with Crippen LogP contribution in [0.25, 0.3) is 0 Å². The average Bonchev–Trinajstić information content (AvgIpc) is 3.01. The van der Waals surface area contributed by atoms with E-state index in [1.807, 2.05) is 7.05 Å². The van der Waals surface area contributed by atoms with Crippen LogP contribution >= 0.6 is 35.7 Å². The molecule has 0 aliphatic carbocycles. The predicted molar refractivity (Wildman–Crippen MR) is 116 cm³/mol. The summed E-state index contributed by atoms with van der Waals surface area (Å²) in [6.07, 6.45) is 2.57. The molecule has 2 rings (SSSR count). The van der Waals surface area contributed by atoms with Crippen molar-refractivity contribution < 1.29 is 4.74 Å². The fourth-order valence-electron chi connectivity index (χ4n) is 3.44. The lowest BCUT2D eigenvalue weighted by atomic mass is 10.1. The average molecular weight is 470 g/mol. The summed E-state index contributed by atoms with van der Waals surface area (Å²) < 4.78 is 5.23. The Morgan fingerprint density at radius 3 is 2.83 bits per heavy atom. The number of thioether (sulfide) groups is 1. The van der Waals surface area contributed by atoms with Crippen LogP contribution in [0.4, 0.5) is 0 Å². The van der Waals surface area contributed by atoms with Gasteiger partial charge in [0.15, 0.2) is 5.96 Å². The molecule has 0 aromatic carbocycles. The summed E-state index contributed by atoms with van der Waals surface area (Å²) in [5.41, 5.74) is 0. The van der Waals surface area contributed by atoms with Gasteiger partial charge in [-0.2, -0.15) is 11.8 Å². The SMILES string of the molecule is CN=C(NCC1CCCN1CCOC)N1CCSC(C(C)C)C1.I. The van der Waals surface area contributed by atoms with Gasteiger partial charge < -0.3 is 15.0 Å². The molecule has 0 amide bonds. The number of halogens is 1. The Kier molecular flexibility index (Phi) is 11.0. The van der Waals surface area contributed by atoms with Crippen molar-refractivity contribution in [2.75, 3.05) is 59.2 Å². The Hall–Kier alpha value is 0.270. The summed E-state index contributed by atoms with van der Waals surface area (Å²) in [5, 5.41) is 4.35. The summed E-state index contributed by atoms with van der Waals surface area (Å²) >= 11 is 2.11. The smallest absolute Gasteiger partial charge is 0.193 e. The van der Waals surface area contributed by atoms with Gasteiger partial charge in [0.2, 0.25) is 0 Å². The van der Waals surface area contributed by atoms with E-state index in [2.05, 4.69) is 45.7 Å². The molecule has 7 heteroatoms. The molecule has 0 spiro atoms. The topological polar surface area (TPSA) is 40.1 Å². The maximum atomic E-state index is 5.23. The van der Waals surface area contributed by atoms with Crippen molar-refractivity contribution in [3.63, 3.8) is 0 Å². The van der Waals surface area contributed by atoms with Crippen molar-refractivity contribution >= 4 is 41.7 Å². The lowest BCUT2D eigenvalue weighted by molar-refractivity contribution is 0.141. The standard InChI is InChI=1S/C17H34N4OS.HI/c1-14(2)16-13-21(9-11-23-16)17(18-3)19-12-15-6-5-7-20(15)8-10-22-4;/h14-16H,5-13H2,1-4H3,(H,18,19);1H. The van der Waals surface area contributed by atoms with Gasteiger partial charge in [-0.3, -0.25) is 9.89 Å². The zero-order chi connectivity index (χ0) is 16.7. The second kappa shape index (κ2) is 11.8. The highest BCUT2D eigenvalue weighted by Crippen LogP contribution is 2.25. The van der Waals surface area contributed by atoms with E-state index in [1.165, 1.54) is 25.1 Å². The van der Waals surface area contributed by atoms with Crippen molar-refractivity contribution in [3.8, 4) is 0 Å². The minimum Gasteiger partial charge on any atom is -0.383 e. The van der Waals surface area contributed by atoms with Crippen LogP contribution in [0.1, 0.15) is 26.7 Å². The van der Waals surface area contributed by atoms with E-state index >= 15 is 0 Å². The first kappa shape index (κ1) is 22.3. The molecule has 2 fully saturated rings. The number of rotatable bonds is 6. The van der Waals surface area contributed by atoms with E-state index in [1.54, 1.807) is 7.11 Å². The Labute approximate surface area is 169 Å². The highest BCUT2D eigenvalue weighted by atomic mass is 127. The Morgan fingerprint density at radius 1 is 1.38 bits per heavy atom. The van der Waals surface area contributed by atoms with Crippen LogP contribution in [-0.2, 0) is 4.74 Å². The van der Waals surface area contributed by atoms with Gasteiger partial charge in [-0.25, -0.2) is 0 Å². The number of nitrogens with one attached hydrogen (secondary N) is 1. The van der Waals surface area contributed by atoms with Gasteiger partial charge in [0.05, 0.1) is 6.61 Å². The van der Waals surface area contributed by atoms with Gasteiger partial charge in [-0.15, -0.1) is 24.0 Å². The molecular formula is C17H35IN4OS. The molecule has 2 unspecified atom stereocenters. The van der Waals surface area contributed by atoms with Crippen LogP contribution in [-0.4, -0.2) is 86.3 Å². The van der Waals surface area contributed by atoms with E-state index in [-0.39, 0.29) is 24.0 Å². The number of hydrogen-bond acceptors (Lipinski definition) is 4. The Morgan fingerprint density at radius 2 is 2.17 bits per heavy atom. The minimum atomic E-state index is 0. The maximum absolute atomic E-state index is 5.23. The van der Waals surface area contributed by atoms with Gasteiger partial charge in [0.1, 0.15) is 0 Å². The number of methoxy groups -OCH3 is 1. The van der Waals surface area contributed by atoms with E-state index in [9.17, 15) is 0 Å². The van der Waals surface area contributed by atoms with Crippen molar-refractivity contribution in [1.82, 2.24) is 15.1 Å². The normalized spacial score (nSPS) is 25.9. The van der Waals surface area contributed by atoms with Gasteiger partial charge in [0.25, 0.3) is 0 Å². The van der Waals surface area contributed by atoms with Crippen LogP contribution in [0.15, 0.2) is 4.99 Å². The third kappa shape index (κ3) is 6.53. The number of guanidine groups is 1. The van der Waals surface area contributed by atoms with Crippen LogP contribution < -0.4 is 5.32 Å². The first-order chi connectivity index (χ1) is 11.2. The molecule has 24 heavy (non-hydrogen) atoms. The molecule has 2 aliphatic rings. The van der Waals surface area contributed by atoms with Crippen LogP contribution in [0, 0.1) is 5.92 Å². The van der Waals surface area contributed by atoms with Crippen molar-refractivity contribution in [2.24, 2.45) is 10.9 Å². The van der Waals surface area contributed by atoms with E-state index in [0.717, 1.165) is 44.7 Å². The monoisotopic (exact) mass is 470 g/mol. The molecule has 0 radical (unpaired) electrons. The summed E-state index contributed by atoms with van der Waals surface area (Å²) in [7, 11) is 3.69. The number of nitrogens with zero attached hydrogens (tertiary/aromatic N) is 3. The molecular weight excluding hydrogens is 435 g/mol. The quantitative estimate of drug-likeness (QED) is 0.367. The third-order valence-electron chi connectivity index (χ3n) is 4.93. The lowest BCUT2D eigenvalue weighted by Gasteiger charge is -2.37. The van der Waals surface area contributed by atoms with Crippen molar-refractivity contribution in [1.29, 1.82) is 0 Å². The number of aliphatic imine (C=N–C) groups is 1. The number of likely N-dealkylation sites (tertiary alicyclic amines) is 1. The van der Waals surface area contributed by atoms with Crippen molar-refractivity contribution in [3.05, 3.63) is 0 Å².